The summed E-state index contributed by atoms with van der Waals surface area (Å²) in [5, 5.41) is 11.2. The van der Waals surface area contributed by atoms with Crippen LogP contribution in [0.3, 0.4) is 0 Å². The fourth-order valence-corrected chi connectivity index (χ4v) is 6.05. The molecule has 0 radical (unpaired) electrons. The maximum atomic E-state index is 13.3. The van der Waals surface area contributed by atoms with Crippen LogP contribution in [-0.4, -0.2) is 46.5 Å². The number of carbonyl (C=O) groups excluding carboxylic acids is 2. The van der Waals surface area contributed by atoms with Crippen LogP contribution in [0, 0.1) is 5.92 Å². The zero-order chi connectivity index (χ0) is 28.2. The Hall–Kier alpha value is -4.05. The third-order valence-electron chi connectivity index (χ3n) is 7.38. The summed E-state index contributed by atoms with van der Waals surface area (Å²) in [5.74, 6) is 0.938. The Morgan fingerprint density at radius 3 is 2.78 bits per heavy atom. The van der Waals surface area contributed by atoms with Gasteiger partial charge < -0.3 is 20.7 Å². The van der Waals surface area contributed by atoms with Gasteiger partial charge in [0.15, 0.2) is 4.88 Å². The Balaban J connectivity index is 1.11. The molecule has 3 aromatic heterocycles. The van der Waals surface area contributed by atoms with E-state index in [0.29, 0.717) is 40.7 Å². The zero-order valence-electron chi connectivity index (χ0n) is 23.2. The molecule has 0 unspecified atom stereocenters. The van der Waals surface area contributed by atoms with Crippen LogP contribution in [0.25, 0.3) is 21.5 Å². The van der Waals surface area contributed by atoms with E-state index in [9.17, 15) is 9.59 Å². The van der Waals surface area contributed by atoms with E-state index in [1.807, 2.05) is 12.1 Å². The SMILES string of the molecule is CC(=O)Nc1cc(-c2nc(OCC3CC3)c(C(=O)NCCCNc3c4c(nc5ccccc35)CCCC4)s2)ccn1. The van der Waals surface area contributed by atoms with E-state index < -0.39 is 0 Å². The molecule has 6 rings (SSSR count). The minimum atomic E-state index is -0.200. The molecule has 0 atom stereocenters. The van der Waals surface area contributed by atoms with Gasteiger partial charge in [-0.2, -0.15) is 0 Å². The van der Waals surface area contributed by atoms with Gasteiger partial charge in [0.2, 0.25) is 11.8 Å². The highest BCUT2D eigenvalue weighted by Gasteiger charge is 2.26. The molecule has 10 heteroatoms. The van der Waals surface area contributed by atoms with Gasteiger partial charge in [0, 0.05) is 48.5 Å². The summed E-state index contributed by atoms with van der Waals surface area (Å²) in [5.41, 5.74) is 5.54. The summed E-state index contributed by atoms with van der Waals surface area (Å²) >= 11 is 1.29. The van der Waals surface area contributed by atoms with Crippen molar-refractivity contribution in [3.05, 3.63) is 58.7 Å². The Bertz CT molecular complexity index is 1580. The molecule has 0 saturated heterocycles. The first-order valence-electron chi connectivity index (χ1n) is 14.4. The van der Waals surface area contributed by atoms with E-state index in [4.69, 9.17) is 9.72 Å². The van der Waals surface area contributed by atoms with E-state index in [1.54, 1.807) is 12.3 Å². The fraction of sp³-hybridized carbons (Fsp3) is 0.387. The van der Waals surface area contributed by atoms with Gasteiger partial charge in [-0.3, -0.25) is 14.6 Å². The number of rotatable bonds is 11. The maximum Gasteiger partial charge on any atom is 0.267 e. The van der Waals surface area contributed by atoms with Crippen LogP contribution in [0.5, 0.6) is 5.88 Å². The molecule has 0 bridgehead atoms. The lowest BCUT2D eigenvalue weighted by Crippen LogP contribution is -2.26. The zero-order valence-corrected chi connectivity index (χ0v) is 24.0. The first-order valence-corrected chi connectivity index (χ1v) is 15.2. The molecule has 1 fully saturated rings. The van der Waals surface area contributed by atoms with E-state index in [1.165, 1.54) is 48.0 Å². The summed E-state index contributed by atoms with van der Waals surface area (Å²) < 4.78 is 5.99. The topological polar surface area (TPSA) is 118 Å². The predicted molar refractivity (Wildman–Crippen MR) is 162 cm³/mol. The van der Waals surface area contributed by atoms with Crippen LogP contribution in [0.2, 0.25) is 0 Å². The summed E-state index contributed by atoms with van der Waals surface area (Å²) in [7, 11) is 0. The number of nitrogens with zero attached hydrogens (tertiary/aromatic N) is 3. The normalized spacial score (nSPS) is 14.4. The molecule has 3 heterocycles. The lowest BCUT2D eigenvalue weighted by Gasteiger charge is -2.21. The highest BCUT2D eigenvalue weighted by Crippen LogP contribution is 2.36. The minimum absolute atomic E-state index is 0.192. The third kappa shape index (κ3) is 6.48. The number of nitrogens with one attached hydrogen (secondary N) is 3. The Labute approximate surface area is 243 Å². The molecule has 2 amide bonds. The molecule has 4 aromatic rings. The van der Waals surface area contributed by atoms with Crippen LogP contribution in [0.1, 0.15) is 60.0 Å². The number of benzene rings is 1. The molecule has 212 valence electrons. The first-order chi connectivity index (χ1) is 20.0. The molecule has 1 saturated carbocycles. The lowest BCUT2D eigenvalue weighted by atomic mass is 9.92. The molecule has 1 aromatic carbocycles. The van der Waals surface area contributed by atoms with Crippen LogP contribution >= 0.6 is 11.3 Å². The monoisotopic (exact) mass is 570 g/mol. The standard InChI is InChI=1S/C31H34N6O3S/c1-19(38)35-26-17-21(13-16-32-26)31-37-30(40-18-20-11-12-20)28(41-31)29(39)34-15-6-14-33-27-22-7-2-4-9-24(22)36-25-10-5-3-8-23(25)27/h2,4,7,9,13,16-17,20H,3,5-6,8,10-12,14-15,18H2,1H3,(H,33,36)(H,34,39)(H,32,35,38). The number of aromatic nitrogens is 3. The van der Waals surface area contributed by atoms with Crippen molar-refractivity contribution in [2.45, 2.75) is 51.9 Å². The van der Waals surface area contributed by atoms with E-state index in [0.717, 1.165) is 55.1 Å². The van der Waals surface area contributed by atoms with Gasteiger partial charge in [0.05, 0.1) is 12.1 Å². The van der Waals surface area contributed by atoms with Crippen LogP contribution in [-0.2, 0) is 17.6 Å². The Morgan fingerprint density at radius 2 is 1.93 bits per heavy atom. The number of aryl methyl sites for hydroxylation is 1. The van der Waals surface area contributed by atoms with Crippen molar-refractivity contribution in [2.75, 3.05) is 30.3 Å². The summed E-state index contributed by atoms with van der Waals surface area (Å²) in [6, 6.07) is 11.9. The Morgan fingerprint density at radius 1 is 1.07 bits per heavy atom. The first kappa shape index (κ1) is 27.1. The van der Waals surface area contributed by atoms with Crippen LogP contribution in [0.15, 0.2) is 42.6 Å². The average Bonchev–Trinajstić information content (AvgIpc) is 3.71. The van der Waals surface area contributed by atoms with Gasteiger partial charge in [-0.15, -0.1) is 11.3 Å². The van der Waals surface area contributed by atoms with Gasteiger partial charge in [-0.25, -0.2) is 9.97 Å². The number of anilines is 2. The number of hydrogen-bond acceptors (Lipinski definition) is 8. The third-order valence-corrected chi connectivity index (χ3v) is 8.46. The van der Waals surface area contributed by atoms with E-state index in [2.05, 4.69) is 44.1 Å². The van der Waals surface area contributed by atoms with Crippen molar-refractivity contribution in [3.8, 4) is 16.5 Å². The summed E-state index contributed by atoms with van der Waals surface area (Å²) in [6.45, 7) is 3.26. The highest BCUT2D eigenvalue weighted by molar-refractivity contribution is 7.17. The number of hydrogen-bond donors (Lipinski definition) is 3. The molecule has 2 aliphatic carbocycles. The number of carbonyl (C=O) groups is 2. The van der Waals surface area contributed by atoms with Crippen molar-refractivity contribution in [2.24, 2.45) is 5.92 Å². The molecule has 0 aliphatic heterocycles. The molecular formula is C31H34N6O3S. The smallest absolute Gasteiger partial charge is 0.267 e. The Kier molecular flexibility index (Phi) is 8.09. The van der Waals surface area contributed by atoms with Crippen molar-refractivity contribution < 1.29 is 14.3 Å². The van der Waals surface area contributed by atoms with E-state index in [-0.39, 0.29) is 11.8 Å². The number of thiazole rings is 1. The van der Waals surface area contributed by atoms with Crippen molar-refractivity contribution in [1.29, 1.82) is 0 Å². The fourth-order valence-electron chi connectivity index (χ4n) is 5.12. The van der Waals surface area contributed by atoms with Gasteiger partial charge in [-0.05, 0) is 74.6 Å². The summed E-state index contributed by atoms with van der Waals surface area (Å²) in [6.07, 6.45) is 9.13. The molecule has 9 nitrogen and oxygen atoms in total. The van der Waals surface area contributed by atoms with Crippen LogP contribution in [0.4, 0.5) is 11.5 Å². The number of ether oxygens (including phenoxy) is 1. The second-order valence-corrected chi connectivity index (χ2v) is 11.7. The minimum Gasteiger partial charge on any atom is -0.476 e. The number of para-hydroxylation sites is 1. The van der Waals surface area contributed by atoms with Crippen molar-refractivity contribution >= 4 is 45.6 Å². The quantitative estimate of drug-likeness (QED) is 0.201. The predicted octanol–water partition coefficient (Wildman–Crippen LogP) is 5.61. The molecule has 41 heavy (non-hydrogen) atoms. The number of amides is 2. The van der Waals surface area contributed by atoms with Gasteiger partial charge >= 0.3 is 0 Å². The number of fused-ring (bicyclic) bond motifs is 2. The second kappa shape index (κ2) is 12.2. The van der Waals surface area contributed by atoms with Crippen molar-refractivity contribution in [1.82, 2.24) is 20.3 Å². The van der Waals surface area contributed by atoms with Gasteiger partial charge in [0.25, 0.3) is 5.91 Å². The van der Waals surface area contributed by atoms with Gasteiger partial charge in [0.1, 0.15) is 10.8 Å². The van der Waals surface area contributed by atoms with E-state index >= 15 is 0 Å². The largest absolute Gasteiger partial charge is 0.476 e. The second-order valence-electron chi connectivity index (χ2n) is 10.7. The van der Waals surface area contributed by atoms with Crippen molar-refractivity contribution in [3.63, 3.8) is 0 Å². The molecule has 3 N–H and O–H groups in total. The molecular weight excluding hydrogens is 536 g/mol. The van der Waals surface area contributed by atoms with Gasteiger partial charge in [-0.1, -0.05) is 18.2 Å². The molecule has 2 aliphatic rings. The average molecular weight is 571 g/mol. The van der Waals surface area contributed by atoms with Crippen LogP contribution < -0.4 is 20.7 Å². The lowest BCUT2D eigenvalue weighted by molar-refractivity contribution is -0.114. The number of pyridine rings is 2. The maximum absolute atomic E-state index is 13.3. The summed E-state index contributed by atoms with van der Waals surface area (Å²) in [4.78, 5) is 38.9. The molecule has 0 spiro atoms. The highest BCUT2D eigenvalue weighted by atomic mass is 32.1.